The zero-order chi connectivity index (χ0) is 9.26. The molecule has 0 bridgehead atoms. The molecular formula is C12H17N. The number of nitrogens with one attached hydrogen (secondary N) is 1. The van der Waals surface area contributed by atoms with Crippen LogP contribution < -0.4 is 5.32 Å². The van der Waals surface area contributed by atoms with Gasteiger partial charge >= 0.3 is 0 Å². The summed E-state index contributed by atoms with van der Waals surface area (Å²) in [5.74, 6) is 1.71. The zero-order valence-corrected chi connectivity index (χ0v) is 8.38. The first kappa shape index (κ1) is 8.76. The number of aryl methyl sites for hydroxylation is 1. The molecule has 1 N–H and O–H groups in total. The van der Waals surface area contributed by atoms with Crippen LogP contribution in [0.25, 0.3) is 0 Å². The van der Waals surface area contributed by atoms with E-state index in [1.165, 1.54) is 24.1 Å². The lowest BCUT2D eigenvalue weighted by Gasteiger charge is -2.00. The minimum Gasteiger partial charge on any atom is -0.319 e. The first-order valence-corrected chi connectivity index (χ1v) is 5.02. The van der Waals surface area contributed by atoms with Crippen LogP contribution in [0.15, 0.2) is 24.3 Å². The molecule has 13 heavy (non-hydrogen) atoms. The third-order valence-electron chi connectivity index (χ3n) is 2.89. The Kier molecular flexibility index (Phi) is 2.36. The van der Waals surface area contributed by atoms with E-state index in [2.05, 4.69) is 36.5 Å². The Bertz CT molecular complexity index is 276. The fourth-order valence-corrected chi connectivity index (χ4v) is 1.96. The van der Waals surface area contributed by atoms with Gasteiger partial charge in [-0.2, -0.15) is 0 Å². The maximum Gasteiger partial charge on any atom is -0.00175 e. The highest BCUT2D eigenvalue weighted by Gasteiger charge is 2.37. The van der Waals surface area contributed by atoms with Crippen molar-refractivity contribution in [2.75, 3.05) is 13.6 Å². The molecule has 1 fully saturated rings. The molecular weight excluding hydrogens is 158 g/mol. The highest BCUT2D eigenvalue weighted by molar-refractivity contribution is 5.28. The molecule has 70 valence electrons. The first-order valence-electron chi connectivity index (χ1n) is 5.02. The maximum atomic E-state index is 3.24. The monoisotopic (exact) mass is 175 g/mol. The SMILES string of the molecule is CNCC1CC1c1ccc(C)cc1. The summed E-state index contributed by atoms with van der Waals surface area (Å²) in [5.41, 5.74) is 2.88. The Hall–Kier alpha value is -0.820. The van der Waals surface area contributed by atoms with Crippen LogP contribution in [0.3, 0.4) is 0 Å². The fraction of sp³-hybridized carbons (Fsp3) is 0.500. The Balaban J connectivity index is 2.00. The second-order valence-electron chi connectivity index (χ2n) is 4.07. The van der Waals surface area contributed by atoms with Crippen LogP contribution in [0.4, 0.5) is 0 Å². The van der Waals surface area contributed by atoms with Crippen molar-refractivity contribution in [1.29, 1.82) is 0 Å². The number of benzene rings is 1. The highest BCUT2D eigenvalue weighted by Crippen LogP contribution is 2.46. The summed E-state index contributed by atoms with van der Waals surface area (Å²) in [6.45, 7) is 3.31. The Morgan fingerprint density at radius 2 is 2.00 bits per heavy atom. The molecule has 0 aromatic heterocycles. The predicted molar refractivity (Wildman–Crippen MR) is 56.0 cm³/mol. The van der Waals surface area contributed by atoms with E-state index in [-0.39, 0.29) is 0 Å². The summed E-state index contributed by atoms with van der Waals surface area (Å²) in [6, 6.07) is 8.97. The number of hydrogen-bond acceptors (Lipinski definition) is 1. The lowest BCUT2D eigenvalue weighted by Crippen LogP contribution is -2.10. The average molecular weight is 175 g/mol. The van der Waals surface area contributed by atoms with E-state index in [0.29, 0.717) is 0 Å². The van der Waals surface area contributed by atoms with Crippen molar-refractivity contribution in [3.8, 4) is 0 Å². The van der Waals surface area contributed by atoms with E-state index in [4.69, 9.17) is 0 Å². The zero-order valence-electron chi connectivity index (χ0n) is 8.38. The second kappa shape index (κ2) is 3.51. The molecule has 1 aliphatic rings. The van der Waals surface area contributed by atoms with Crippen LogP contribution in [0.5, 0.6) is 0 Å². The highest BCUT2D eigenvalue weighted by atomic mass is 14.8. The standard InChI is InChI=1S/C12H17N/c1-9-3-5-10(6-4-9)12-7-11(12)8-13-2/h3-6,11-13H,7-8H2,1-2H3. The molecule has 0 saturated heterocycles. The molecule has 0 amide bonds. The van der Waals surface area contributed by atoms with Crippen molar-refractivity contribution in [1.82, 2.24) is 5.32 Å². The minimum absolute atomic E-state index is 0.827. The van der Waals surface area contributed by atoms with E-state index >= 15 is 0 Å². The topological polar surface area (TPSA) is 12.0 Å². The van der Waals surface area contributed by atoms with Crippen molar-refractivity contribution in [3.05, 3.63) is 35.4 Å². The summed E-state index contributed by atoms with van der Waals surface area (Å²) in [5, 5.41) is 3.24. The van der Waals surface area contributed by atoms with Gasteiger partial charge in [0.15, 0.2) is 0 Å². The van der Waals surface area contributed by atoms with Gasteiger partial charge in [0, 0.05) is 0 Å². The van der Waals surface area contributed by atoms with Gasteiger partial charge in [0.25, 0.3) is 0 Å². The fourth-order valence-electron chi connectivity index (χ4n) is 1.96. The molecule has 2 atom stereocenters. The first-order chi connectivity index (χ1) is 6.31. The van der Waals surface area contributed by atoms with Gasteiger partial charge in [0.2, 0.25) is 0 Å². The van der Waals surface area contributed by atoms with Crippen molar-refractivity contribution in [3.63, 3.8) is 0 Å². The van der Waals surface area contributed by atoms with Crippen LogP contribution in [0, 0.1) is 12.8 Å². The molecule has 1 aromatic rings. The van der Waals surface area contributed by atoms with Crippen LogP contribution in [0.1, 0.15) is 23.5 Å². The van der Waals surface area contributed by atoms with Crippen molar-refractivity contribution >= 4 is 0 Å². The van der Waals surface area contributed by atoms with Gasteiger partial charge < -0.3 is 5.32 Å². The van der Waals surface area contributed by atoms with E-state index in [1.807, 2.05) is 7.05 Å². The Morgan fingerprint density at radius 3 is 2.62 bits per heavy atom. The van der Waals surface area contributed by atoms with E-state index in [1.54, 1.807) is 0 Å². The van der Waals surface area contributed by atoms with Gasteiger partial charge in [-0.25, -0.2) is 0 Å². The summed E-state index contributed by atoms with van der Waals surface area (Å²) in [6.07, 6.45) is 1.36. The summed E-state index contributed by atoms with van der Waals surface area (Å²) < 4.78 is 0. The van der Waals surface area contributed by atoms with E-state index < -0.39 is 0 Å². The molecule has 1 aliphatic carbocycles. The van der Waals surface area contributed by atoms with Gasteiger partial charge in [0.05, 0.1) is 0 Å². The molecule has 1 aromatic carbocycles. The largest absolute Gasteiger partial charge is 0.319 e. The number of rotatable bonds is 3. The summed E-state index contributed by atoms with van der Waals surface area (Å²) in [7, 11) is 2.03. The molecule has 0 aliphatic heterocycles. The van der Waals surface area contributed by atoms with Crippen LogP contribution in [-0.4, -0.2) is 13.6 Å². The van der Waals surface area contributed by atoms with Crippen LogP contribution in [-0.2, 0) is 0 Å². The molecule has 0 spiro atoms. The van der Waals surface area contributed by atoms with Crippen molar-refractivity contribution in [2.24, 2.45) is 5.92 Å². The maximum absolute atomic E-state index is 3.24. The molecule has 0 heterocycles. The van der Waals surface area contributed by atoms with E-state index in [0.717, 1.165) is 11.8 Å². The lowest BCUT2D eigenvalue weighted by atomic mass is 10.1. The number of hydrogen-bond donors (Lipinski definition) is 1. The van der Waals surface area contributed by atoms with Gasteiger partial charge in [-0.3, -0.25) is 0 Å². The molecule has 2 unspecified atom stereocenters. The minimum atomic E-state index is 0.827. The molecule has 0 radical (unpaired) electrons. The van der Waals surface area contributed by atoms with Crippen LogP contribution in [0.2, 0.25) is 0 Å². The predicted octanol–water partition coefficient (Wildman–Crippen LogP) is 2.32. The Labute approximate surface area is 80.2 Å². The van der Waals surface area contributed by atoms with Crippen molar-refractivity contribution < 1.29 is 0 Å². The smallest absolute Gasteiger partial charge is 0.00175 e. The van der Waals surface area contributed by atoms with Gasteiger partial charge in [-0.05, 0) is 44.3 Å². The third kappa shape index (κ3) is 1.92. The van der Waals surface area contributed by atoms with E-state index in [9.17, 15) is 0 Å². The quantitative estimate of drug-likeness (QED) is 0.743. The Morgan fingerprint density at radius 1 is 1.31 bits per heavy atom. The molecule has 2 rings (SSSR count). The van der Waals surface area contributed by atoms with Gasteiger partial charge in [-0.15, -0.1) is 0 Å². The summed E-state index contributed by atoms with van der Waals surface area (Å²) in [4.78, 5) is 0. The summed E-state index contributed by atoms with van der Waals surface area (Å²) >= 11 is 0. The van der Waals surface area contributed by atoms with Crippen LogP contribution >= 0.6 is 0 Å². The lowest BCUT2D eigenvalue weighted by molar-refractivity contribution is 0.698. The molecule has 1 heteroatoms. The molecule has 1 nitrogen and oxygen atoms in total. The third-order valence-corrected chi connectivity index (χ3v) is 2.89. The molecule has 1 saturated carbocycles. The van der Waals surface area contributed by atoms with Gasteiger partial charge in [-0.1, -0.05) is 29.8 Å². The van der Waals surface area contributed by atoms with Gasteiger partial charge in [0.1, 0.15) is 0 Å². The second-order valence-corrected chi connectivity index (χ2v) is 4.07. The normalized spacial score (nSPS) is 26.0. The average Bonchev–Trinajstić information content (AvgIpc) is 2.86. The van der Waals surface area contributed by atoms with Crippen molar-refractivity contribution in [2.45, 2.75) is 19.3 Å².